The maximum Gasteiger partial charge on any atom is 0.350 e. The van der Waals surface area contributed by atoms with Crippen molar-refractivity contribution in [3.63, 3.8) is 0 Å². The van der Waals surface area contributed by atoms with Gasteiger partial charge in [-0.2, -0.15) is 4.68 Å². The van der Waals surface area contributed by atoms with E-state index in [1.165, 1.54) is 9.25 Å². The molecule has 0 amide bonds. The Labute approximate surface area is 122 Å². The van der Waals surface area contributed by atoms with Crippen LogP contribution in [0.3, 0.4) is 0 Å². The first-order valence-electron chi connectivity index (χ1n) is 6.57. The standard InChI is InChI=1S/C16H15N3O2/c1-18-15(12-8-4-3-5-9-12)17-19(16(18)20)13-10-6-7-11-14(13)21-2/h3-11H,1-2H3. The van der Waals surface area contributed by atoms with E-state index in [4.69, 9.17) is 4.74 Å². The number of aromatic nitrogens is 3. The van der Waals surface area contributed by atoms with E-state index >= 15 is 0 Å². The molecule has 0 saturated heterocycles. The average molecular weight is 281 g/mol. The summed E-state index contributed by atoms with van der Waals surface area (Å²) >= 11 is 0. The molecule has 3 rings (SSSR count). The largest absolute Gasteiger partial charge is 0.494 e. The van der Waals surface area contributed by atoms with Crippen LogP contribution in [0.2, 0.25) is 0 Å². The Bertz CT molecular complexity index is 819. The van der Waals surface area contributed by atoms with E-state index in [2.05, 4.69) is 5.10 Å². The minimum atomic E-state index is -0.210. The second kappa shape index (κ2) is 5.28. The number of methoxy groups -OCH3 is 1. The summed E-state index contributed by atoms with van der Waals surface area (Å²) in [5.41, 5.74) is 1.31. The van der Waals surface area contributed by atoms with Crippen LogP contribution >= 0.6 is 0 Å². The molecule has 5 heteroatoms. The zero-order chi connectivity index (χ0) is 14.8. The summed E-state index contributed by atoms with van der Waals surface area (Å²) in [6, 6.07) is 16.9. The van der Waals surface area contributed by atoms with Gasteiger partial charge in [-0.25, -0.2) is 4.79 Å². The predicted octanol–water partition coefficient (Wildman–Crippen LogP) is 2.25. The Hall–Kier alpha value is -2.82. The molecular weight excluding hydrogens is 266 g/mol. The molecule has 106 valence electrons. The fourth-order valence-corrected chi connectivity index (χ4v) is 2.24. The van der Waals surface area contributed by atoms with E-state index in [1.54, 1.807) is 20.2 Å². The lowest BCUT2D eigenvalue weighted by atomic mass is 10.2. The molecule has 1 heterocycles. The van der Waals surface area contributed by atoms with Crippen LogP contribution in [-0.2, 0) is 7.05 Å². The first-order valence-corrected chi connectivity index (χ1v) is 6.57. The van der Waals surface area contributed by atoms with Gasteiger partial charge in [-0.15, -0.1) is 5.10 Å². The highest BCUT2D eigenvalue weighted by Gasteiger charge is 2.15. The number of para-hydroxylation sites is 2. The van der Waals surface area contributed by atoms with E-state index in [0.29, 0.717) is 17.3 Å². The van der Waals surface area contributed by atoms with Crippen LogP contribution in [-0.4, -0.2) is 21.5 Å². The van der Waals surface area contributed by atoms with Gasteiger partial charge in [0.15, 0.2) is 5.82 Å². The normalized spacial score (nSPS) is 10.6. The van der Waals surface area contributed by atoms with Crippen molar-refractivity contribution in [1.82, 2.24) is 14.3 Å². The lowest BCUT2D eigenvalue weighted by Crippen LogP contribution is -2.22. The van der Waals surface area contributed by atoms with Crippen molar-refractivity contribution < 1.29 is 4.74 Å². The molecule has 21 heavy (non-hydrogen) atoms. The summed E-state index contributed by atoms with van der Waals surface area (Å²) in [6.07, 6.45) is 0. The summed E-state index contributed by atoms with van der Waals surface area (Å²) < 4.78 is 8.19. The number of rotatable bonds is 3. The Morgan fingerprint density at radius 3 is 2.38 bits per heavy atom. The van der Waals surface area contributed by atoms with Gasteiger partial charge in [0.05, 0.1) is 7.11 Å². The summed E-state index contributed by atoms with van der Waals surface area (Å²) in [4.78, 5) is 12.4. The van der Waals surface area contributed by atoms with E-state index in [1.807, 2.05) is 48.5 Å². The van der Waals surface area contributed by atoms with Crippen molar-refractivity contribution in [2.24, 2.45) is 7.05 Å². The molecule has 0 fully saturated rings. The lowest BCUT2D eigenvalue weighted by molar-refractivity contribution is 0.411. The van der Waals surface area contributed by atoms with Gasteiger partial charge in [-0.3, -0.25) is 4.57 Å². The second-order valence-corrected chi connectivity index (χ2v) is 4.61. The molecule has 0 saturated carbocycles. The first-order chi connectivity index (χ1) is 10.2. The zero-order valence-corrected chi connectivity index (χ0v) is 11.9. The van der Waals surface area contributed by atoms with Crippen molar-refractivity contribution >= 4 is 0 Å². The van der Waals surface area contributed by atoms with Gasteiger partial charge in [0.25, 0.3) is 0 Å². The van der Waals surface area contributed by atoms with Gasteiger partial charge < -0.3 is 4.74 Å². The van der Waals surface area contributed by atoms with E-state index < -0.39 is 0 Å². The first kappa shape index (κ1) is 13.2. The molecule has 0 N–H and O–H groups in total. The maximum absolute atomic E-state index is 12.4. The number of benzene rings is 2. The molecular formula is C16H15N3O2. The topological polar surface area (TPSA) is 49.0 Å². The quantitative estimate of drug-likeness (QED) is 0.740. The summed E-state index contributed by atoms with van der Waals surface area (Å²) in [5, 5.41) is 4.45. The van der Waals surface area contributed by atoms with Gasteiger partial charge in [-0.05, 0) is 12.1 Å². The molecule has 0 radical (unpaired) electrons. The Morgan fingerprint density at radius 2 is 1.67 bits per heavy atom. The van der Waals surface area contributed by atoms with E-state index in [9.17, 15) is 4.79 Å². The molecule has 0 bridgehead atoms. The smallest absolute Gasteiger partial charge is 0.350 e. The molecule has 0 spiro atoms. The van der Waals surface area contributed by atoms with Crippen LogP contribution in [0, 0.1) is 0 Å². The Kier molecular flexibility index (Phi) is 3.31. The van der Waals surface area contributed by atoms with Crippen LogP contribution in [0.25, 0.3) is 17.1 Å². The van der Waals surface area contributed by atoms with Gasteiger partial charge in [0.1, 0.15) is 11.4 Å². The molecule has 3 aromatic rings. The third-order valence-corrected chi connectivity index (χ3v) is 3.33. The van der Waals surface area contributed by atoms with E-state index in [0.717, 1.165) is 5.56 Å². The Balaban J connectivity index is 2.20. The number of hydrogen-bond donors (Lipinski definition) is 0. The SMILES string of the molecule is COc1ccccc1-n1nc(-c2ccccc2)n(C)c1=O. The van der Waals surface area contributed by atoms with Crippen LogP contribution < -0.4 is 10.4 Å². The molecule has 0 aliphatic heterocycles. The molecule has 0 atom stereocenters. The highest BCUT2D eigenvalue weighted by molar-refractivity contribution is 5.55. The number of ether oxygens (including phenoxy) is 1. The zero-order valence-electron chi connectivity index (χ0n) is 11.9. The number of nitrogens with zero attached hydrogens (tertiary/aromatic N) is 3. The lowest BCUT2D eigenvalue weighted by Gasteiger charge is -2.06. The van der Waals surface area contributed by atoms with Crippen molar-refractivity contribution in [2.45, 2.75) is 0 Å². The minimum Gasteiger partial charge on any atom is -0.494 e. The van der Waals surface area contributed by atoms with Crippen molar-refractivity contribution in [3.8, 4) is 22.8 Å². The fourth-order valence-electron chi connectivity index (χ4n) is 2.24. The molecule has 0 aliphatic rings. The molecule has 2 aromatic carbocycles. The highest BCUT2D eigenvalue weighted by Crippen LogP contribution is 2.21. The number of hydrogen-bond acceptors (Lipinski definition) is 3. The van der Waals surface area contributed by atoms with Crippen LogP contribution in [0.4, 0.5) is 0 Å². The summed E-state index contributed by atoms with van der Waals surface area (Å²) in [5.74, 6) is 1.23. The van der Waals surface area contributed by atoms with Gasteiger partial charge in [0, 0.05) is 12.6 Å². The Morgan fingerprint density at radius 1 is 1.00 bits per heavy atom. The maximum atomic E-state index is 12.4. The molecule has 1 aromatic heterocycles. The van der Waals surface area contributed by atoms with Gasteiger partial charge in [-0.1, -0.05) is 42.5 Å². The fraction of sp³-hybridized carbons (Fsp3) is 0.125. The van der Waals surface area contributed by atoms with Crippen molar-refractivity contribution in [1.29, 1.82) is 0 Å². The van der Waals surface area contributed by atoms with Crippen LogP contribution in [0.15, 0.2) is 59.4 Å². The highest BCUT2D eigenvalue weighted by atomic mass is 16.5. The van der Waals surface area contributed by atoms with Crippen LogP contribution in [0.5, 0.6) is 5.75 Å². The van der Waals surface area contributed by atoms with Crippen molar-refractivity contribution in [3.05, 3.63) is 65.1 Å². The summed E-state index contributed by atoms with van der Waals surface area (Å²) in [7, 11) is 3.29. The van der Waals surface area contributed by atoms with Gasteiger partial charge >= 0.3 is 5.69 Å². The van der Waals surface area contributed by atoms with Crippen LogP contribution in [0.1, 0.15) is 0 Å². The minimum absolute atomic E-state index is 0.210. The third-order valence-electron chi connectivity index (χ3n) is 3.33. The predicted molar refractivity (Wildman–Crippen MR) is 80.8 cm³/mol. The monoisotopic (exact) mass is 281 g/mol. The van der Waals surface area contributed by atoms with Crippen molar-refractivity contribution in [2.75, 3.05) is 7.11 Å². The summed E-state index contributed by atoms with van der Waals surface area (Å²) in [6.45, 7) is 0. The van der Waals surface area contributed by atoms with Gasteiger partial charge in [0.2, 0.25) is 0 Å². The second-order valence-electron chi connectivity index (χ2n) is 4.61. The molecule has 0 unspecified atom stereocenters. The molecule has 0 aliphatic carbocycles. The average Bonchev–Trinajstić information content (AvgIpc) is 2.84. The molecule has 5 nitrogen and oxygen atoms in total. The third kappa shape index (κ3) is 2.23. The van der Waals surface area contributed by atoms with E-state index in [-0.39, 0.29) is 5.69 Å².